The van der Waals surface area contributed by atoms with Gasteiger partial charge in [-0.05, 0) is 44.9 Å². The highest BCUT2D eigenvalue weighted by molar-refractivity contribution is 8.12. The first-order chi connectivity index (χ1) is 12.2. The predicted molar refractivity (Wildman–Crippen MR) is 107 cm³/mol. The van der Waals surface area contributed by atoms with E-state index < -0.39 is 16.8 Å². The molecule has 1 unspecified atom stereocenters. The van der Waals surface area contributed by atoms with Gasteiger partial charge in [0.25, 0.3) is 5.56 Å². The van der Waals surface area contributed by atoms with Crippen LogP contribution in [-0.2, 0) is 12.1 Å². The highest BCUT2D eigenvalue weighted by atomic mass is 35.5. The Morgan fingerprint density at radius 2 is 1.92 bits per heavy atom. The Kier molecular flexibility index (Phi) is 7.12. The fourth-order valence-corrected chi connectivity index (χ4v) is 3.85. The van der Waals surface area contributed by atoms with Crippen molar-refractivity contribution in [3.63, 3.8) is 0 Å². The molecule has 0 fully saturated rings. The van der Waals surface area contributed by atoms with Crippen molar-refractivity contribution < 1.29 is 8.62 Å². The molecule has 144 valence electrons. The molecule has 2 rings (SSSR count). The van der Waals surface area contributed by atoms with Gasteiger partial charge >= 0.3 is 0 Å². The molecule has 0 saturated heterocycles. The number of nitrogens with zero attached hydrogens (tertiary/aromatic N) is 2. The number of thiol groups is 1. The van der Waals surface area contributed by atoms with E-state index in [-0.39, 0.29) is 22.9 Å². The lowest BCUT2D eigenvalue weighted by Crippen LogP contribution is -2.36. The molecule has 0 amide bonds. The molecule has 0 aliphatic carbocycles. The molecule has 2 aromatic rings. The van der Waals surface area contributed by atoms with Crippen molar-refractivity contribution in [3.05, 3.63) is 51.4 Å². The van der Waals surface area contributed by atoms with Gasteiger partial charge in [-0.1, -0.05) is 48.4 Å². The summed E-state index contributed by atoms with van der Waals surface area (Å²) in [6.45, 7) is 7.92. The van der Waals surface area contributed by atoms with Crippen molar-refractivity contribution in [2.24, 2.45) is 0 Å². The monoisotopic (exact) mass is 400 g/mol. The third-order valence-corrected chi connectivity index (χ3v) is 5.76. The fourth-order valence-electron chi connectivity index (χ4n) is 2.34. The number of hydrogen-bond donors (Lipinski definition) is 1. The van der Waals surface area contributed by atoms with Crippen LogP contribution in [0.5, 0.6) is 5.75 Å². The molecular weight excluding hydrogens is 375 g/mol. The van der Waals surface area contributed by atoms with Gasteiger partial charge in [0.15, 0.2) is 10.8 Å². The number of hydrogen-bond acceptors (Lipinski definition) is 3. The molecule has 7 heteroatoms. The van der Waals surface area contributed by atoms with Crippen molar-refractivity contribution in [1.82, 2.24) is 9.78 Å². The second-order valence-electron chi connectivity index (χ2n) is 7.11. The van der Waals surface area contributed by atoms with Crippen LogP contribution >= 0.6 is 22.9 Å². The summed E-state index contributed by atoms with van der Waals surface area (Å²) in [7, 11) is 0. The van der Waals surface area contributed by atoms with E-state index in [9.17, 15) is 8.68 Å². The highest BCUT2D eigenvalue weighted by Gasteiger charge is 2.20. The van der Waals surface area contributed by atoms with Gasteiger partial charge in [0.1, 0.15) is 6.61 Å². The average molecular weight is 401 g/mol. The quantitative estimate of drug-likeness (QED) is 0.643. The van der Waals surface area contributed by atoms with Gasteiger partial charge in [-0.25, -0.2) is 4.68 Å². The third-order valence-electron chi connectivity index (χ3n) is 3.84. The Bertz CT molecular complexity index is 788. The summed E-state index contributed by atoms with van der Waals surface area (Å²) in [4.78, 5) is 13.0. The van der Waals surface area contributed by atoms with E-state index in [1.807, 2.05) is 32.9 Å². The van der Waals surface area contributed by atoms with Crippen LogP contribution in [0.4, 0.5) is 3.89 Å². The van der Waals surface area contributed by atoms with E-state index in [0.717, 1.165) is 23.3 Å². The third kappa shape index (κ3) is 5.24. The van der Waals surface area contributed by atoms with Crippen molar-refractivity contribution in [2.45, 2.75) is 57.6 Å². The van der Waals surface area contributed by atoms with Gasteiger partial charge in [0.05, 0.1) is 11.7 Å². The number of ether oxygens (including phenoxy) is 1. The van der Waals surface area contributed by atoms with Crippen molar-refractivity contribution >= 4 is 22.9 Å². The maximum absolute atomic E-state index is 14.1. The number of unbranched alkanes of at least 4 members (excludes halogenated alkanes) is 1. The Morgan fingerprint density at radius 3 is 2.50 bits per heavy atom. The lowest BCUT2D eigenvalue weighted by atomic mass is 10.1. The molecule has 0 aliphatic heterocycles. The van der Waals surface area contributed by atoms with Gasteiger partial charge in [0, 0.05) is 10.6 Å². The predicted octanol–water partition coefficient (Wildman–Crippen LogP) is 5.28. The Hall–Kier alpha value is -1.53. The summed E-state index contributed by atoms with van der Waals surface area (Å²) >= 11 is 4.55. The second-order valence-corrected chi connectivity index (χ2v) is 9.17. The fraction of sp³-hybridized carbons (Fsp3) is 0.474. The van der Waals surface area contributed by atoms with Crippen molar-refractivity contribution in [2.75, 3.05) is 5.75 Å². The molecule has 0 saturated carbocycles. The summed E-state index contributed by atoms with van der Waals surface area (Å²) < 4.78 is 21.1. The van der Waals surface area contributed by atoms with Crippen LogP contribution in [-0.4, -0.2) is 15.5 Å². The first-order valence-corrected chi connectivity index (χ1v) is 10.5. The molecule has 0 radical (unpaired) electrons. The largest absolute Gasteiger partial charge is 0.485 e. The van der Waals surface area contributed by atoms with Crippen LogP contribution < -0.4 is 10.3 Å². The van der Waals surface area contributed by atoms with Crippen LogP contribution in [0, 0.1) is 0 Å². The minimum atomic E-state index is -1.59. The van der Waals surface area contributed by atoms with E-state index in [0.29, 0.717) is 5.75 Å². The van der Waals surface area contributed by atoms with E-state index in [4.69, 9.17) is 16.3 Å². The van der Waals surface area contributed by atoms with E-state index in [1.54, 1.807) is 12.1 Å². The number of aromatic nitrogens is 2. The molecule has 0 spiro atoms. The first kappa shape index (κ1) is 20.8. The first-order valence-electron chi connectivity index (χ1n) is 8.67. The molecule has 1 aromatic carbocycles. The zero-order chi connectivity index (χ0) is 19.3. The molecular formula is C19H26ClFN2O2S. The smallest absolute Gasteiger partial charge is 0.289 e. The summed E-state index contributed by atoms with van der Waals surface area (Å²) in [5.74, 6) is 0.851. The minimum Gasteiger partial charge on any atom is -0.485 e. The second kappa shape index (κ2) is 8.91. The molecule has 1 heterocycles. The SMILES string of the molecule is CCCC[SH](F)c1ccc(COc2cnn(C(C)(C)C)c(=O)c2Cl)cc1. The topological polar surface area (TPSA) is 44.1 Å². The molecule has 26 heavy (non-hydrogen) atoms. The Balaban J connectivity index is 2.05. The van der Waals surface area contributed by atoms with Crippen molar-refractivity contribution in [3.8, 4) is 5.75 Å². The zero-order valence-corrected chi connectivity index (χ0v) is 17.3. The average Bonchev–Trinajstić information content (AvgIpc) is 2.60. The van der Waals surface area contributed by atoms with Crippen LogP contribution in [0.1, 0.15) is 46.1 Å². The van der Waals surface area contributed by atoms with Gasteiger partial charge in [0.2, 0.25) is 0 Å². The molecule has 0 aliphatic rings. The summed E-state index contributed by atoms with van der Waals surface area (Å²) in [5, 5.41) is 4.15. The maximum Gasteiger partial charge on any atom is 0.289 e. The van der Waals surface area contributed by atoms with E-state index in [1.165, 1.54) is 10.9 Å². The molecule has 1 aromatic heterocycles. The standard InChI is InChI=1S/C19H26ClFN2O2S/c1-5-6-11-26(21)15-9-7-14(8-10-15)13-25-16-12-22-23(19(2,3)4)18(24)17(16)20/h7-10,12,26H,5-6,11,13H2,1-4H3. The Morgan fingerprint density at radius 1 is 1.27 bits per heavy atom. The summed E-state index contributed by atoms with van der Waals surface area (Å²) in [6, 6.07) is 7.29. The lowest BCUT2D eigenvalue weighted by Gasteiger charge is -2.21. The molecule has 0 N–H and O–H groups in total. The summed E-state index contributed by atoms with van der Waals surface area (Å²) in [5.41, 5.74) is 0.0344. The van der Waals surface area contributed by atoms with Crippen molar-refractivity contribution in [1.29, 1.82) is 0 Å². The van der Waals surface area contributed by atoms with Crippen LogP contribution in [0.15, 0.2) is 40.2 Å². The zero-order valence-electron chi connectivity index (χ0n) is 15.6. The molecule has 0 bridgehead atoms. The highest BCUT2D eigenvalue weighted by Crippen LogP contribution is 2.38. The van der Waals surface area contributed by atoms with Gasteiger partial charge in [-0.3, -0.25) is 4.79 Å². The molecule has 4 nitrogen and oxygen atoms in total. The number of rotatable bonds is 7. The summed E-state index contributed by atoms with van der Waals surface area (Å²) in [6.07, 6.45) is 3.35. The maximum atomic E-state index is 14.1. The van der Waals surface area contributed by atoms with Crippen LogP contribution in [0.3, 0.4) is 0 Å². The van der Waals surface area contributed by atoms with Gasteiger partial charge < -0.3 is 4.74 Å². The minimum absolute atomic E-state index is 0.0124. The lowest BCUT2D eigenvalue weighted by molar-refractivity contribution is 0.292. The molecule has 1 atom stereocenters. The number of halogens is 2. The van der Waals surface area contributed by atoms with Gasteiger partial charge in [-0.2, -0.15) is 8.98 Å². The Labute approximate surface area is 162 Å². The number of benzene rings is 1. The van der Waals surface area contributed by atoms with Crippen LogP contribution in [0.2, 0.25) is 5.02 Å². The van der Waals surface area contributed by atoms with E-state index >= 15 is 0 Å². The van der Waals surface area contributed by atoms with Gasteiger partial charge in [-0.15, -0.1) is 0 Å². The van der Waals surface area contributed by atoms with E-state index in [2.05, 4.69) is 12.0 Å². The van der Waals surface area contributed by atoms with Crippen LogP contribution in [0.25, 0.3) is 0 Å². The normalized spacial score (nSPS) is 13.5.